The maximum absolute atomic E-state index is 12.5. The first-order valence-corrected chi connectivity index (χ1v) is 9.92. The zero-order chi connectivity index (χ0) is 22.4. The Morgan fingerprint density at radius 2 is 1.74 bits per heavy atom. The van der Waals surface area contributed by atoms with Gasteiger partial charge in [0, 0.05) is 42.8 Å². The molecule has 0 saturated heterocycles. The highest BCUT2D eigenvalue weighted by molar-refractivity contribution is 6.01. The zero-order valence-corrected chi connectivity index (χ0v) is 17.4. The van der Waals surface area contributed by atoms with Crippen molar-refractivity contribution >= 4 is 34.3 Å². The summed E-state index contributed by atoms with van der Waals surface area (Å²) >= 11 is 0. The Morgan fingerprint density at radius 3 is 2.48 bits per heavy atom. The van der Waals surface area contributed by atoms with Gasteiger partial charge in [0.1, 0.15) is 5.56 Å². The lowest BCUT2D eigenvalue weighted by atomic mass is 10.1. The van der Waals surface area contributed by atoms with Crippen molar-refractivity contribution in [1.29, 1.82) is 0 Å². The second-order valence-electron chi connectivity index (χ2n) is 7.00. The Kier molecular flexibility index (Phi) is 6.81. The summed E-state index contributed by atoms with van der Waals surface area (Å²) in [6, 6.07) is 14.0. The van der Waals surface area contributed by atoms with E-state index in [1.165, 1.54) is 13.1 Å². The number of rotatable bonds is 7. The molecule has 8 heteroatoms. The van der Waals surface area contributed by atoms with Crippen molar-refractivity contribution < 1.29 is 14.4 Å². The highest BCUT2D eigenvalue weighted by Gasteiger charge is 2.15. The third kappa shape index (κ3) is 5.16. The quantitative estimate of drug-likeness (QED) is 0.544. The molecule has 0 saturated carbocycles. The van der Waals surface area contributed by atoms with E-state index in [-0.39, 0.29) is 18.0 Å². The molecule has 0 unspecified atom stereocenters. The third-order valence-electron chi connectivity index (χ3n) is 4.92. The first-order valence-electron chi connectivity index (χ1n) is 9.92. The molecular formula is C23H24N4O4. The molecule has 3 aromatic rings. The number of pyridine rings is 1. The molecule has 2 aromatic carbocycles. The summed E-state index contributed by atoms with van der Waals surface area (Å²) in [5, 5.41) is 5.63. The van der Waals surface area contributed by atoms with Crippen LogP contribution in [0.4, 0.5) is 5.69 Å². The second kappa shape index (κ2) is 9.71. The topological polar surface area (TPSA) is 111 Å². The van der Waals surface area contributed by atoms with Gasteiger partial charge in [-0.3, -0.25) is 19.2 Å². The molecule has 0 radical (unpaired) electrons. The second-order valence-corrected chi connectivity index (χ2v) is 7.00. The van der Waals surface area contributed by atoms with Gasteiger partial charge in [-0.1, -0.05) is 30.3 Å². The molecule has 3 rings (SSSR count). The van der Waals surface area contributed by atoms with Crippen LogP contribution < -0.4 is 16.1 Å². The molecule has 0 aliphatic heterocycles. The van der Waals surface area contributed by atoms with Crippen LogP contribution in [0.5, 0.6) is 0 Å². The Bertz CT molecular complexity index is 1190. The molecule has 3 N–H and O–H groups in total. The smallest absolute Gasteiger partial charge is 0.257 e. The number of para-hydroxylation sites is 2. The molecule has 160 valence electrons. The van der Waals surface area contributed by atoms with E-state index < -0.39 is 17.2 Å². The number of hydrogen-bond acceptors (Lipinski definition) is 4. The van der Waals surface area contributed by atoms with Gasteiger partial charge in [-0.2, -0.15) is 0 Å². The summed E-state index contributed by atoms with van der Waals surface area (Å²) in [6.45, 7) is 3.99. The van der Waals surface area contributed by atoms with E-state index >= 15 is 0 Å². The minimum Gasteiger partial charge on any atom is -0.360 e. The van der Waals surface area contributed by atoms with Gasteiger partial charge in [0.15, 0.2) is 0 Å². The third-order valence-corrected chi connectivity index (χ3v) is 4.92. The predicted octanol–water partition coefficient (Wildman–Crippen LogP) is 2.26. The first-order chi connectivity index (χ1) is 14.9. The lowest BCUT2D eigenvalue weighted by molar-refractivity contribution is -0.129. The molecule has 3 amide bonds. The highest BCUT2D eigenvalue weighted by Crippen LogP contribution is 2.17. The Hall–Kier alpha value is -3.94. The molecule has 31 heavy (non-hydrogen) atoms. The average Bonchev–Trinajstić information content (AvgIpc) is 2.77. The van der Waals surface area contributed by atoms with Crippen molar-refractivity contribution in [3.63, 3.8) is 0 Å². The number of nitrogens with one attached hydrogen (secondary N) is 3. The van der Waals surface area contributed by atoms with Crippen molar-refractivity contribution in [1.82, 2.24) is 15.2 Å². The summed E-state index contributed by atoms with van der Waals surface area (Å²) < 4.78 is 0. The summed E-state index contributed by atoms with van der Waals surface area (Å²) in [6.07, 6.45) is 1.34. The van der Waals surface area contributed by atoms with Gasteiger partial charge in [0.25, 0.3) is 5.91 Å². The minimum absolute atomic E-state index is 0.0588. The highest BCUT2D eigenvalue weighted by atomic mass is 16.2. The van der Waals surface area contributed by atoms with Crippen LogP contribution >= 0.6 is 0 Å². The molecule has 0 aliphatic carbocycles. The van der Waals surface area contributed by atoms with Crippen LogP contribution in [0.1, 0.15) is 29.8 Å². The largest absolute Gasteiger partial charge is 0.360 e. The van der Waals surface area contributed by atoms with Crippen molar-refractivity contribution in [3.05, 3.63) is 76.1 Å². The van der Waals surface area contributed by atoms with Crippen LogP contribution in [0.25, 0.3) is 10.9 Å². The zero-order valence-electron chi connectivity index (χ0n) is 17.4. The van der Waals surface area contributed by atoms with Gasteiger partial charge in [-0.25, -0.2) is 0 Å². The van der Waals surface area contributed by atoms with Crippen LogP contribution in [-0.2, 0) is 16.1 Å². The standard InChI is InChI=1S/C23H24N4O4/c1-3-27(15(2)28)14-16-8-4-6-10-19(16)26-21(29)13-25-23(31)18-12-24-20-11-7-5-9-17(20)22(18)30/h4-12H,3,13-14H2,1-2H3,(H,24,30)(H,25,31)(H,26,29). The van der Waals surface area contributed by atoms with Crippen LogP contribution in [0.3, 0.4) is 0 Å². The van der Waals surface area contributed by atoms with Gasteiger partial charge in [-0.05, 0) is 30.7 Å². The number of aromatic amines is 1. The maximum Gasteiger partial charge on any atom is 0.257 e. The molecule has 0 fully saturated rings. The molecule has 8 nitrogen and oxygen atoms in total. The molecule has 0 bridgehead atoms. The fraction of sp³-hybridized carbons (Fsp3) is 0.217. The van der Waals surface area contributed by atoms with Gasteiger partial charge < -0.3 is 20.5 Å². The fourth-order valence-electron chi connectivity index (χ4n) is 3.22. The molecule has 0 spiro atoms. The minimum atomic E-state index is -0.635. The van der Waals surface area contributed by atoms with Crippen molar-refractivity contribution in [3.8, 4) is 0 Å². The number of amides is 3. The first kappa shape index (κ1) is 21.8. The van der Waals surface area contributed by atoms with Crippen molar-refractivity contribution in [2.24, 2.45) is 0 Å². The number of anilines is 1. The number of carbonyl (C=O) groups excluding carboxylic acids is 3. The van der Waals surface area contributed by atoms with E-state index in [0.717, 1.165) is 5.56 Å². The fourth-order valence-corrected chi connectivity index (χ4v) is 3.22. The van der Waals surface area contributed by atoms with E-state index in [1.807, 2.05) is 19.1 Å². The number of benzene rings is 2. The van der Waals surface area contributed by atoms with Gasteiger partial charge in [0.2, 0.25) is 17.2 Å². The van der Waals surface area contributed by atoms with Crippen LogP contribution in [-0.4, -0.2) is 40.7 Å². The predicted molar refractivity (Wildman–Crippen MR) is 119 cm³/mol. The number of hydrogen-bond donors (Lipinski definition) is 3. The average molecular weight is 420 g/mol. The van der Waals surface area contributed by atoms with Crippen LogP contribution in [0, 0.1) is 0 Å². The van der Waals surface area contributed by atoms with Gasteiger partial charge in [0.05, 0.1) is 6.54 Å². The maximum atomic E-state index is 12.5. The number of aromatic nitrogens is 1. The monoisotopic (exact) mass is 420 g/mol. The Labute approximate surface area is 179 Å². The summed E-state index contributed by atoms with van der Waals surface area (Å²) in [5.74, 6) is -1.13. The molecule has 1 heterocycles. The van der Waals surface area contributed by atoms with Gasteiger partial charge in [-0.15, -0.1) is 0 Å². The lowest BCUT2D eigenvalue weighted by Gasteiger charge is -2.21. The van der Waals surface area contributed by atoms with E-state index in [9.17, 15) is 19.2 Å². The normalized spacial score (nSPS) is 10.5. The number of carbonyl (C=O) groups is 3. The number of H-pyrrole nitrogens is 1. The molecule has 0 aliphatic rings. The van der Waals surface area contributed by atoms with Crippen molar-refractivity contribution in [2.75, 3.05) is 18.4 Å². The van der Waals surface area contributed by atoms with E-state index in [4.69, 9.17) is 0 Å². The SMILES string of the molecule is CCN(Cc1ccccc1NC(=O)CNC(=O)c1c[nH]c2ccccc2c1=O)C(C)=O. The van der Waals surface area contributed by atoms with E-state index in [0.29, 0.717) is 29.7 Å². The number of fused-ring (bicyclic) bond motifs is 1. The molecule has 1 aromatic heterocycles. The lowest BCUT2D eigenvalue weighted by Crippen LogP contribution is -2.35. The Balaban J connectivity index is 1.66. The van der Waals surface area contributed by atoms with Crippen LogP contribution in [0.15, 0.2) is 59.5 Å². The van der Waals surface area contributed by atoms with Gasteiger partial charge >= 0.3 is 0 Å². The van der Waals surface area contributed by atoms with Crippen LogP contribution in [0.2, 0.25) is 0 Å². The number of nitrogens with zero attached hydrogens (tertiary/aromatic N) is 1. The summed E-state index contributed by atoms with van der Waals surface area (Å²) in [5.41, 5.74) is 1.51. The summed E-state index contributed by atoms with van der Waals surface area (Å²) in [4.78, 5) is 53.6. The van der Waals surface area contributed by atoms with E-state index in [2.05, 4.69) is 15.6 Å². The van der Waals surface area contributed by atoms with Crippen molar-refractivity contribution in [2.45, 2.75) is 20.4 Å². The Morgan fingerprint density at radius 1 is 1.03 bits per heavy atom. The molecular weight excluding hydrogens is 396 g/mol. The molecule has 0 atom stereocenters. The summed E-state index contributed by atoms with van der Waals surface area (Å²) in [7, 11) is 0. The van der Waals surface area contributed by atoms with E-state index in [1.54, 1.807) is 41.3 Å².